The molecule has 0 amide bonds. The third kappa shape index (κ3) is 4.38. The van der Waals surface area contributed by atoms with Gasteiger partial charge in [0.25, 0.3) is 0 Å². The van der Waals surface area contributed by atoms with Crippen LogP contribution < -0.4 is 4.72 Å². The molecule has 0 saturated heterocycles. The average molecular weight is 313 g/mol. The maximum atomic E-state index is 12.1. The number of aliphatic hydroxyl groups excluding tert-OH is 1. The van der Waals surface area contributed by atoms with Gasteiger partial charge in [0.15, 0.2) is 0 Å². The minimum atomic E-state index is -3.56. The van der Waals surface area contributed by atoms with Crippen LogP contribution in [0.2, 0.25) is 0 Å². The van der Waals surface area contributed by atoms with Gasteiger partial charge in [-0.25, -0.2) is 13.1 Å². The number of nitrogens with one attached hydrogen (secondary N) is 1. The van der Waals surface area contributed by atoms with Crippen molar-refractivity contribution >= 4 is 10.0 Å². The Hall–Kier alpha value is -1.71. The molecule has 9 heteroatoms. The van der Waals surface area contributed by atoms with E-state index in [1.54, 1.807) is 10.9 Å². The summed E-state index contributed by atoms with van der Waals surface area (Å²) in [7, 11) is -3.56. The van der Waals surface area contributed by atoms with Crippen LogP contribution in [0.1, 0.15) is 12.0 Å². The van der Waals surface area contributed by atoms with E-state index in [2.05, 4.69) is 14.9 Å². The van der Waals surface area contributed by atoms with Crippen LogP contribution in [0, 0.1) is 6.92 Å². The highest BCUT2D eigenvalue weighted by Crippen LogP contribution is 2.07. The summed E-state index contributed by atoms with van der Waals surface area (Å²) in [5.74, 6) is 0. The SMILES string of the molecule is Cc1cnn(CCNS(=O)(=O)c2cnn(CCCO)c2)c1. The second-order valence-electron chi connectivity index (χ2n) is 4.69. The van der Waals surface area contributed by atoms with Crippen LogP contribution in [-0.2, 0) is 23.1 Å². The van der Waals surface area contributed by atoms with Crippen molar-refractivity contribution in [3.63, 3.8) is 0 Å². The number of aliphatic hydroxyl groups is 1. The van der Waals surface area contributed by atoms with Gasteiger partial charge in [-0.3, -0.25) is 9.36 Å². The van der Waals surface area contributed by atoms with Gasteiger partial charge >= 0.3 is 0 Å². The van der Waals surface area contributed by atoms with Gasteiger partial charge in [0, 0.05) is 32.1 Å². The van der Waals surface area contributed by atoms with Crippen LogP contribution >= 0.6 is 0 Å². The Balaban J connectivity index is 1.90. The summed E-state index contributed by atoms with van der Waals surface area (Å²) in [6, 6.07) is 0. The van der Waals surface area contributed by atoms with E-state index in [9.17, 15) is 8.42 Å². The van der Waals surface area contributed by atoms with Gasteiger partial charge in [0.1, 0.15) is 4.90 Å². The van der Waals surface area contributed by atoms with Crippen molar-refractivity contribution < 1.29 is 13.5 Å². The lowest BCUT2D eigenvalue weighted by Gasteiger charge is -2.04. The molecule has 0 saturated carbocycles. The number of nitrogens with zero attached hydrogens (tertiary/aromatic N) is 4. The lowest BCUT2D eigenvalue weighted by Crippen LogP contribution is -2.27. The second kappa shape index (κ2) is 6.83. The molecule has 2 N–H and O–H groups in total. The quantitative estimate of drug-likeness (QED) is 0.699. The summed E-state index contributed by atoms with van der Waals surface area (Å²) in [6.07, 6.45) is 6.86. The monoisotopic (exact) mass is 313 g/mol. The molecule has 0 bridgehead atoms. The highest BCUT2D eigenvalue weighted by molar-refractivity contribution is 7.89. The Labute approximate surface area is 123 Å². The van der Waals surface area contributed by atoms with Crippen molar-refractivity contribution in [3.05, 3.63) is 30.4 Å². The van der Waals surface area contributed by atoms with Crippen LogP contribution in [0.3, 0.4) is 0 Å². The summed E-state index contributed by atoms with van der Waals surface area (Å²) < 4.78 is 29.8. The zero-order chi connectivity index (χ0) is 15.3. The van der Waals surface area contributed by atoms with Crippen LogP contribution in [0.5, 0.6) is 0 Å². The molecule has 2 heterocycles. The van der Waals surface area contributed by atoms with Gasteiger partial charge in [-0.1, -0.05) is 0 Å². The van der Waals surface area contributed by atoms with Gasteiger partial charge in [-0.05, 0) is 18.9 Å². The van der Waals surface area contributed by atoms with E-state index in [4.69, 9.17) is 5.11 Å². The number of rotatable bonds is 8. The van der Waals surface area contributed by atoms with E-state index in [-0.39, 0.29) is 18.0 Å². The molecule has 0 aromatic carbocycles. The third-order valence-electron chi connectivity index (χ3n) is 2.86. The molecule has 2 aromatic heterocycles. The maximum absolute atomic E-state index is 12.1. The van der Waals surface area contributed by atoms with Crippen molar-refractivity contribution in [2.45, 2.75) is 31.3 Å². The highest BCUT2D eigenvalue weighted by Gasteiger charge is 2.15. The lowest BCUT2D eigenvalue weighted by atomic mass is 10.4. The van der Waals surface area contributed by atoms with Crippen LogP contribution in [0.4, 0.5) is 0 Å². The Kier molecular flexibility index (Phi) is 5.10. The Morgan fingerprint density at radius 2 is 1.90 bits per heavy atom. The van der Waals surface area contributed by atoms with E-state index in [1.807, 2.05) is 13.1 Å². The molecule has 0 spiro atoms. The summed E-state index contributed by atoms with van der Waals surface area (Å²) in [5, 5.41) is 16.8. The average Bonchev–Trinajstić information content (AvgIpc) is 3.06. The van der Waals surface area contributed by atoms with Gasteiger partial charge < -0.3 is 5.11 Å². The molecule has 2 aromatic rings. The molecule has 8 nitrogen and oxygen atoms in total. The predicted molar refractivity (Wildman–Crippen MR) is 76.1 cm³/mol. The number of aromatic nitrogens is 4. The van der Waals surface area contributed by atoms with Gasteiger partial charge in [0.05, 0.1) is 18.9 Å². The zero-order valence-corrected chi connectivity index (χ0v) is 12.6. The van der Waals surface area contributed by atoms with Crippen LogP contribution in [-0.4, -0.2) is 46.2 Å². The minimum absolute atomic E-state index is 0.0451. The zero-order valence-electron chi connectivity index (χ0n) is 11.8. The fourth-order valence-corrected chi connectivity index (χ4v) is 2.78. The van der Waals surface area contributed by atoms with E-state index in [0.717, 1.165) is 5.56 Å². The summed E-state index contributed by atoms with van der Waals surface area (Å²) >= 11 is 0. The van der Waals surface area contributed by atoms with Crippen molar-refractivity contribution in [2.75, 3.05) is 13.2 Å². The lowest BCUT2D eigenvalue weighted by molar-refractivity contribution is 0.277. The normalized spacial score (nSPS) is 11.9. The fourth-order valence-electron chi connectivity index (χ4n) is 1.81. The van der Waals surface area contributed by atoms with Crippen molar-refractivity contribution in [1.29, 1.82) is 0 Å². The van der Waals surface area contributed by atoms with Gasteiger partial charge in [-0.15, -0.1) is 0 Å². The van der Waals surface area contributed by atoms with Crippen molar-refractivity contribution in [2.24, 2.45) is 0 Å². The first kappa shape index (κ1) is 15.7. The van der Waals surface area contributed by atoms with Gasteiger partial charge in [-0.2, -0.15) is 10.2 Å². The molecular weight excluding hydrogens is 294 g/mol. The van der Waals surface area contributed by atoms with Crippen molar-refractivity contribution in [1.82, 2.24) is 24.3 Å². The van der Waals surface area contributed by atoms with Crippen LogP contribution in [0.25, 0.3) is 0 Å². The largest absolute Gasteiger partial charge is 0.396 e. The molecule has 0 atom stereocenters. The van der Waals surface area contributed by atoms with E-state index in [0.29, 0.717) is 19.5 Å². The Morgan fingerprint density at radius 3 is 2.57 bits per heavy atom. The summed E-state index contributed by atoms with van der Waals surface area (Å²) in [5.41, 5.74) is 1.03. The van der Waals surface area contributed by atoms with Crippen molar-refractivity contribution in [3.8, 4) is 0 Å². The Morgan fingerprint density at radius 1 is 1.19 bits per heavy atom. The number of hydrogen-bond donors (Lipinski definition) is 2. The Bertz CT molecular complexity index is 677. The van der Waals surface area contributed by atoms with Crippen LogP contribution in [0.15, 0.2) is 29.7 Å². The standard InChI is InChI=1S/C12H19N5O3S/c1-11-7-13-17(9-11)5-3-15-21(19,20)12-8-14-16(10-12)4-2-6-18/h7-10,15,18H,2-6H2,1H3. The molecule has 21 heavy (non-hydrogen) atoms. The smallest absolute Gasteiger partial charge is 0.243 e. The predicted octanol–water partition coefficient (Wildman–Crippen LogP) is -0.251. The second-order valence-corrected chi connectivity index (χ2v) is 6.46. The topological polar surface area (TPSA) is 102 Å². The van der Waals surface area contributed by atoms with E-state index in [1.165, 1.54) is 17.1 Å². The first-order chi connectivity index (χ1) is 10.0. The minimum Gasteiger partial charge on any atom is -0.396 e. The molecule has 0 aliphatic heterocycles. The third-order valence-corrected chi connectivity index (χ3v) is 4.28. The fraction of sp³-hybridized carbons (Fsp3) is 0.500. The molecule has 116 valence electrons. The highest BCUT2D eigenvalue weighted by atomic mass is 32.2. The molecule has 0 radical (unpaired) electrons. The summed E-state index contributed by atoms with van der Waals surface area (Å²) in [4.78, 5) is 0.122. The molecule has 0 aliphatic rings. The maximum Gasteiger partial charge on any atom is 0.243 e. The number of sulfonamides is 1. The van der Waals surface area contributed by atoms with E-state index >= 15 is 0 Å². The molecule has 0 unspecified atom stereocenters. The molecule has 0 aliphatic carbocycles. The summed E-state index contributed by atoms with van der Waals surface area (Å²) in [6.45, 7) is 3.17. The first-order valence-electron chi connectivity index (χ1n) is 6.63. The van der Waals surface area contributed by atoms with Gasteiger partial charge in [0.2, 0.25) is 10.0 Å². The number of hydrogen-bond acceptors (Lipinski definition) is 5. The first-order valence-corrected chi connectivity index (χ1v) is 8.11. The molecular formula is C12H19N5O3S. The van der Waals surface area contributed by atoms with E-state index < -0.39 is 10.0 Å². The molecule has 0 fully saturated rings. The number of aryl methyl sites for hydroxylation is 2. The molecule has 2 rings (SSSR count).